The summed E-state index contributed by atoms with van der Waals surface area (Å²) in [5, 5.41) is 0. The number of hydrogen-bond acceptors (Lipinski definition) is 2. The van der Waals surface area contributed by atoms with Gasteiger partial charge in [-0.05, 0) is 38.8 Å². The van der Waals surface area contributed by atoms with Gasteiger partial charge in [-0.3, -0.25) is 0 Å². The van der Waals surface area contributed by atoms with Crippen molar-refractivity contribution >= 4 is 11.3 Å². The van der Waals surface area contributed by atoms with E-state index in [1.165, 1.54) is 9.75 Å². The molecule has 0 aliphatic heterocycles. The summed E-state index contributed by atoms with van der Waals surface area (Å²) >= 11 is 1.87. The second-order valence-corrected chi connectivity index (χ2v) is 4.40. The van der Waals surface area contributed by atoms with E-state index >= 15 is 0 Å². The average Bonchev–Trinajstić information content (AvgIpc) is 2.31. The molecule has 11 heavy (non-hydrogen) atoms. The lowest BCUT2D eigenvalue weighted by Crippen LogP contribution is -2.14. The van der Waals surface area contributed by atoms with Gasteiger partial charge in [0, 0.05) is 15.8 Å². The van der Waals surface area contributed by atoms with E-state index in [4.69, 9.17) is 5.73 Å². The molecule has 1 aromatic rings. The maximum absolute atomic E-state index is 5.65. The zero-order chi connectivity index (χ0) is 8.27. The van der Waals surface area contributed by atoms with Gasteiger partial charge in [0.25, 0.3) is 0 Å². The molecule has 1 unspecified atom stereocenters. The third kappa shape index (κ3) is 3.04. The number of nitrogens with two attached hydrogens (primary N) is 1. The van der Waals surface area contributed by atoms with Gasteiger partial charge >= 0.3 is 0 Å². The summed E-state index contributed by atoms with van der Waals surface area (Å²) in [5.74, 6) is 0. The summed E-state index contributed by atoms with van der Waals surface area (Å²) in [4.78, 5) is 2.85. The van der Waals surface area contributed by atoms with Crippen LogP contribution >= 0.6 is 11.3 Å². The van der Waals surface area contributed by atoms with Crippen molar-refractivity contribution in [3.63, 3.8) is 0 Å². The number of rotatable bonds is 3. The van der Waals surface area contributed by atoms with Crippen LogP contribution in [-0.4, -0.2) is 6.04 Å². The van der Waals surface area contributed by atoms with E-state index in [9.17, 15) is 0 Å². The molecule has 0 aliphatic rings. The number of hydrogen-bond donors (Lipinski definition) is 1. The van der Waals surface area contributed by atoms with Crippen molar-refractivity contribution in [1.82, 2.24) is 0 Å². The van der Waals surface area contributed by atoms with Gasteiger partial charge in [0.2, 0.25) is 0 Å². The lowest BCUT2D eigenvalue weighted by atomic mass is 10.2. The molecule has 0 saturated heterocycles. The fraction of sp³-hybridized carbons (Fsp3) is 0.556. The van der Waals surface area contributed by atoms with E-state index in [0.717, 1.165) is 12.8 Å². The highest BCUT2D eigenvalue weighted by molar-refractivity contribution is 7.11. The molecule has 0 bridgehead atoms. The van der Waals surface area contributed by atoms with E-state index < -0.39 is 0 Å². The fourth-order valence-electron chi connectivity index (χ4n) is 0.989. The second-order valence-electron chi connectivity index (χ2n) is 3.03. The molecule has 0 radical (unpaired) electrons. The van der Waals surface area contributed by atoms with Crippen LogP contribution in [0.5, 0.6) is 0 Å². The number of thiophene rings is 1. The number of aryl methyl sites for hydroxylation is 2. The van der Waals surface area contributed by atoms with Crippen molar-refractivity contribution in [3.8, 4) is 0 Å². The zero-order valence-corrected chi connectivity index (χ0v) is 7.95. The SMILES string of the molecule is Cc1ccc(CCC(C)N)s1. The minimum atomic E-state index is 0.331. The zero-order valence-electron chi connectivity index (χ0n) is 7.13. The summed E-state index contributed by atoms with van der Waals surface area (Å²) in [7, 11) is 0. The molecule has 0 aromatic carbocycles. The standard InChI is InChI=1S/C9H15NS/c1-7(10)3-5-9-6-4-8(2)11-9/h4,6-7H,3,5,10H2,1-2H3. The monoisotopic (exact) mass is 169 g/mol. The van der Waals surface area contributed by atoms with Crippen LogP contribution in [0.3, 0.4) is 0 Å². The normalized spacial score (nSPS) is 13.4. The van der Waals surface area contributed by atoms with Gasteiger partial charge < -0.3 is 5.73 Å². The molecule has 1 rings (SSSR count). The molecule has 2 N–H and O–H groups in total. The lowest BCUT2D eigenvalue weighted by molar-refractivity contribution is 0.670. The van der Waals surface area contributed by atoms with Gasteiger partial charge in [-0.1, -0.05) is 0 Å². The Hall–Kier alpha value is -0.340. The highest BCUT2D eigenvalue weighted by atomic mass is 32.1. The van der Waals surface area contributed by atoms with Crippen molar-refractivity contribution in [3.05, 3.63) is 21.9 Å². The quantitative estimate of drug-likeness (QED) is 0.738. The molecule has 1 aromatic heterocycles. The summed E-state index contributed by atoms with van der Waals surface area (Å²) in [6.07, 6.45) is 2.23. The van der Waals surface area contributed by atoms with Crippen LogP contribution < -0.4 is 5.73 Å². The Morgan fingerprint density at radius 1 is 1.55 bits per heavy atom. The third-order valence-corrected chi connectivity index (χ3v) is 2.70. The van der Waals surface area contributed by atoms with Gasteiger partial charge in [0.15, 0.2) is 0 Å². The molecule has 0 amide bonds. The first-order chi connectivity index (χ1) is 5.18. The largest absolute Gasteiger partial charge is 0.328 e. The van der Waals surface area contributed by atoms with E-state index in [0.29, 0.717) is 6.04 Å². The molecule has 1 nitrogen and oxygen atoms in total. The fourth-order valence-corrected chi connectivity index (χ4v) is 1.90. The van der Waals surface area contributed by atoms with Crippen molar-refractivity contribution in [1.29, 1.82) is 0 Å². The Morgan fingerprint density at radius 3 is 2.73 bits per heavy atom. The Labute approximate surface area is 72.2 Å². The Kier molecular flexibility index (Phi) is 3.09. The van der Waals surface area contributed by atoms with Crippen LogP contribution in [0.15, 0.2) is 12.1 Å². The minimum Gasteiger partial charge on any atom is -0.328 e. The van der Waals surface area contributed by atoms with Crippen LogP contribution in [0.25, 0.3) is 0 Å². The predicted molar refractivity (Wildman–Crippen MR) is 51.0 cm³/mol. The summed E-state index contributed by atoms with van der Waals surface area (Å²) in [5.41, 5.74) is 5.65. The summed E-state index contributed by atoms with van der Waals surface area (Å²) in [6.45, 7) is 4.19. The van der Waals surface area contributed by atoms with Crippen LogP contribution in [0, 0.1) is 6.92 Å². The molecular weight excluding hydrogens is 154 g/mol. The lowest BCUT2D eigenvalue weighted by Gasteiger charge is -2.01. The maximum Gasteiger partial charge on any atom is 0.00486 e. The van der Waals surface area contributed by atoms with E-state index in [2.05, 4.69) is 26.0 Å². The van der Waals surface area contributed by atoms with Gasteiger partial charge in [0.1, 0.15) is 0 Å². The molecule has 0 spiro atoms. The Balaban J connectivity index is 2.39. The van der Waals surface area contributed by atoms with Gasteiger partial charge in [-0.25, -0.2) is 0 Å². The van der Waals surface area contributed by atoms with Crippen molar-refractivity contribution in [2.45, 2.75) is 32.7 Å². The average molecular weight is 169 g/mol. The molecule has 62 valence electrons. The van der Waals surface area contributed by atoms with E-state index in [-0.39, 0.29) is 0 Å². The van der Waals surface area contributed by atoms with Gasteiger partial charge in [0.05, 0.1) is 0 Å². The molecule has 1 heterocycles. The molecule has 0 fully saturated rings. The molecule has 0 aliphatic carbocycles. The highest BCUT2D eigenvalue weighted by Crippen LogP contribution is 2.16. The smallest absolute Gasteiger partial charge is 0.00486 e. The van der Waals surface area contributed by atoms with Crippen molar-refractivity contribution < 1.29 is 0 Å². The van der Waals surface area contributed by atoms with Crippen molar-refractivity contribution in [2.75, 3.05) is 0 Å². The van der Waals surface area contributed by atoms with E-state index in [1.807, 2.05) is 11.3 Å². The van der Waals surface area contributed by atoms with E-state index in [1.54, 1.807) is 0 Å². The Bertz CT molecular complexity index is 215. The second kappa shape index (κ2) is 3.88. The van der Waals surface area contributed by atoms with Crippen LogP contribution in [0.1, 0.15) is 23.1 Å². The first-order valence-electron chi connectivity index (χ1n) is 3.99. The van der Waals surface area contributed by atoms with Crippen LogP contribution in [0.2, 0.25) is 0 Å². The maximum atomic E-state index is 5.65. The first-order valence-corrected chi connectivity index (χ1v) is 4.81. The molecule has 0 saturated carbocycles. The first kappa shape index (κ1) is 8.75. The topological polar surface area (TPSA) is 26.0 Å². The molecule has 1 atom stereocenters. The van der Waals surface area contributed by atoms with Crippen LogP contribution in [-0.2, 0) is 6.42 Å². The third-order valence-electron chi connectivity index (χ3n) is 1.64. The van der Waals surface area contributed by atoms with Gasteiger partial charge in [-0.2, -0.15) is 0 Å². The van der Waals surface area contributed by atoms with Crippen molar-refractivity contribution in [2.24, 2.45) is 5.73 Å². The summed E-state index contributed by atoms with van der Waals surface area (Å²) < 4.78 is 0. The summed E-state index contributed by atoms with van der Waals surface area (Å²) in [6, 6.07) is 4.70. The minimum absolute atomic E-state index is 0.331. The highest BCUT2D eigenvalue weighted by Gasteiger charge is 1.98. The molecular formula is C9H15NS. The van der Waals surface area contributed by atoms with Crippen LogP contribution in [0.4, 0.5) is 0 Å². The van der Waals surface area contributed by atoms with Gasteiger partial charge in [-0.15, -0.1) is 11.3 Å². The predicted octanol–water partition coefficient (Wildman–Crippen LogP) is 2.34. The molecule has 2 heteroatoms. The Morgan fingerprint density at radius 2 is 2.27 bits per heavy atom.